The lowest BCUT2D eigenvalue weighted by atomic mass is 10.1. The summed E-state index contributed by atoms with van der Waals surface area (Å²) in [6.07, 6.45) is 0. The van der Waals surface area contributed by atoms with Crippen LogP contribution in [0.2, 0.25) is 5.02 Å². The Labute approximate surface area is 172 Å². The first-order chi connectivity index (χ1) is 13.6. The van der Waals surface area contributed by atoms with Gasteiger partial charge >= 0.3 is 0 Å². The molecule has 1 amide bonds. The first-order valence-electron chi connectivity index (χ1n) is 8.70. The highest BCUT2D eigenvalue weighted by atomic mass is 35.5. The van der Waals surface area contributed by atoms with Crippen molar-refractivity contribution in [1.82, 2.24) is 4.98 Å². The number of aromatic nitrogens is 1. The van der Waals surface area contributed by atoms with Crippen LogP contribution in [0.5, 0.6) is 5.75 Å². The number of hydrogen-bond donors (Lipinski definition) is 0. The van der Waals surface area contributed by atoms with Crippen LogP contribution in [0.4, 0.5) is 5.13 Å². The first kappa shape index (κ1) is 18.5. The Morgan fingerprint density at radius 3 is 2.64 bits per heavy atom. The van der Waals surface area contributed by atoms with E-state index < -0.39 is 0 Å². The molecule has 0 bridgehead atoms. The van der Waals surface area contributed by atoms with Gasteiger partial charge in [-0.3, -0.25) is 9.69 Å². The summed E-state index contributed by atoms with van der Waals surface area (Å²) >= 11 is 7.58. The van der Waals surface area contributed by atoms with E-state index in [0.29, 0.717) is 22.3 Å². The van der Waals surface area contributed by atoms with Crippen molar-refractivity contribution in [2.24, 2.45) is 0 Å². The summed E-state index contributed by atoms with van der Waals surface area (Å²) in [6.45, 7) is 0.420. The molecule has 1 aromatic heterocycles. The fraction of sp³-hybridized carbons (Fsp3) is 0.0909. The monoisotopic (exact) mass is 408 g/mol. The molecule has 3 aromatic carbocycles. The Bertz CT molecular complexity index is 1130. The number of amides is 1. The van der Waals surface area contributed by atoms with Crippen LogP contribution in [-0.2, 0) is 6.54 Å². The van der Waals surface area contributed by atoms with E-state index in [1.165, 1.54) is 11.3 Å². The third-order valence-corrected chi connectivity index (χ3v) is 5.61. The van der Waals surface area contributed by atoms with Crippen molar-refractivity contribution in [1.29, 1.82) is 0 Å². The largest absolute Gasteiger partial charge is 0.497 e. The van der Waals surface area contributed by atoms with Gasteiger partial charge in [-0.1, -0.05) is 59.3 Å². The minimum atomic E-state index is -0.141. The molecule has 6 heteroatoms. The Kier molecular flexibility index (Phi) is 5.28. The number of thiazole rings is 1. The van der Waals surface area contributed by atoms with Crippen LogP contribution in [0.3, 0.4) is 0 Å². The number of halogens is 1. The van der Waals surface area contributed by atoms with Crippen molar-refractivity contribution in [2.75, 3.05) is 12.0 Å². The van der Waals surface area contributed by atoms with E-state index in [4.69, 9.17) is 21.3 Å². The minimum Gasteiger partial charge on any atom is -0.497 e. The van der Waals surface area contributed by atoms with Crippen molar-refractivity contribution >= 4 is 44.2 Å². The Hall–Kier alpha value is -2.89. The summed E-state index contributed by atoms with van der Waals surface area (Å²) in [7, 11) is 1.62. The van der Waals surface area contributed by atoms with Crippen LogP contribution in [0.15, 0.2) is 72.8 Å². The van der Waals surface area contributed by atoms with Crippen molar-refractivity contribution in [3.05, 3.63) is 88.9 Å². The molecule has 0 radical (unpaired) electrons. The molecule has 4 aromatic rings. The zero-order valence-corrected chi connectivity index (χ0v) is 16.7. The fourth-order valence-electron chi connectivity index (χ4n) is 2.91. The second-order valence-corrected chi connectivity index (χ2v) is 7.66. The molecule has 0 aliphatic carbocycles. The molecule has 0 aliphatic rings. The van der Waals surface area contributed by atoms with Gasteiger partial charge in [0.1, 0.15) is 5.75 Å². The van der Waals surface area contributed by atoms with E-state index in [-0.39, 0.29) is 5.91 Å². The maximum Gasteiger partial charge on any atom is 0.260 e. The highest BCUT2D eigenvalue weighted by molar-refractivity contribution is 7.22. The molecule has 4 rings (SSSR count). The molecule has 0 atom stereocenters. The number of anilines is 1. The third-order valence-electron chi connectivity index (χ3n) is 4.31. The Balaban J connectivity index is 1.77. The van der Waals surface area contributed by atoms with Crippen molar-refractivity contribution in [2.45, 2.75) is 6.54 Å². The van der Waals surface area contributed by atoms with Crippen LogP contribution in [0.1, 0.15) is 15.9 Å². The van der Waals surface area contributed by atoms with Gasteiger partial charge in [-0.05, 0) is 35.9 Å². The molecule has 0 saturated carbocycles. The van der Waals surface area contributed by atoms with Crippen LogP contribution < -0.4 is 9.64 Å². The van der Waals surface area contributed by atoms with Gasteiger partial charge < -0.3 is 4.74 Å². The first-order valence-corrected chi connectivity index (χ1v) is 9.89. The topological polar surface area (TPSA) is 42.4 Å². The predicted molar refractivity (Wildman–Crippen MR) is 115 cm³/mol. The average molecular weight is 409 g/mol. The molecule has 0 aliphatic heterocycles. The number of carbonyl (C=O) groups is 1. The van der Waals surface area contributed by atoms with E-state index in [2.05, 4.69) is 0 Å². The molecular weight excluding hydrogens is 392 g/mol. The average Bonchev–Trinajstić information content (AvgIpc) is 3.15. The van der Waals surface area contributed by atoms with Crippen LogP contribution >= 0.6 is 22.9 Å². The number of hydrogen-bond acceptors (Lipinski definition) is 4. The number of fused-ring (bicyclic) bond motifs is 1. The second kappa shape index (κ2) is 8.00. The summed E-state index contributed by atoms with van der Waals surface area (Å²) in [5.74, 6) is 0.595. The molecule has 0 spiro atoms. The highest BCUT2D eigenvalue weighted by Gasteiger charge is 2.22. The maximum atomic E-state index is 13.3. The van der Waals surface area contributed by atoms with Crippen LogP contribution in [0, 0.1) is 0 Å². The Morgan fingerprint density at radius 2 is 1.89 bits per heavy atom. The van der Waals surface area contributed by atoms with E-state index in [1.54, 1.807) is 36.3 Å². The number of benzene rings is 3. The van der Waals surface area contributed by atoms with E-state index in [0.717, 1.165) is 21.5 Å². The number of carbonyl (C=O) groups excluding carboxylic acids is 1. The highest BCUT2D eigenvalue weighted by Crippen LogP contribution is 2.33. The van der Waals surface area contributed by atoms with Gasteiger partial charge in [-0.15, -0.1) is 0 Å². The summed E-state index contributed by atoms with van der Waals surface area (Å²) in [4.78, 5) is 19.7. The maximum absolute atomic E-state index is 13.3. The molecule has 1 heterocycles. The van der Waals surface area contributed by atoms with Gasteiger partial charge in [0, 0.05) is 16.7 Å². The molecule has 28 heavy (non-hydrogen) atoms. The second-order valence-electron chi connectivity index (χ2n) is 6.22. The van der Waals surface area contributed by atoms with Crippen molar-refractivity contribution < 1.29 is 9.53 Å². The summed E-state index contributed by atoms with van der Waals surface area (Å²) < 4.78 is 6.28. The lowest BCUT2D eigenvalue weighted by Crippen LogP contribution is -2.30. The smallest absolute Gasteiger partial charge is 0.260 e. The van der Waals surface area contributed by atoms with Gasteiger partial charge in [0.2, 0.25) is 0 Å². The van der Waals surface area contributed by atoms with Gasteiger partial charge in [0.25, 0.3) is 5.91 Å². The van der Waals surface area contributed by atoms with E-state index in [1.807, 2.05) is 48.5 Å². The zero-order chi connectivity index (χ0) is 19.5. The van der Waals surface area contributed by atoms with Gasteiger partial charge in [0.15, 0.2) is 5.13 Å². The normalized spacial score (nSPS) is 10.8. The molecular formula is C22H17ClN2O2S. The molecule has 0 fully saturated rings. The van der Waals surface area contributed by atoms with E-state index >= 15 is 0 Å². The predicted octanol–water partition coefficient (Wildman–Crippen LogP) is 5.81. The molecule has 140 valence electrons. The Morgan fingerprint density at radius 1 is 1.07 bits per heavy atom. The number of methoxy groups -OCH3 is 1. The number of nitrogens with zero attached hydrogens (tertiary/aromatic N) is 2. The zero-order valence-electron chi connectivity index (χ0n) is 15.1. The van der Waals surface area contributed by atoms with Gasteiger partial charge in [0.05, 0.1) is 23.9 Å². The third kappa shape index (κ3) is 3.86. The van der Waals surface area contributed by atoms with Gasteiger partial charge in [-0.25, -0.2) is 4.98 Å². The van der Waals surface area contributed by atoms with Crippen molar-refractivity contribution in [3.63, 3.8) is 0 Å². The fourth-order valence-corrected chi connectivity index (χ4v) is 4.04. The standard InChI is InChI=1S/C22H17ClN2O2S/c1-27-18-10-11-20-19(13-18)24-22(28-20)25(14-15-6-3-2-4-7-15)21(26)16-8-5-9-17(23)12-16/h2-13H,14H2,1H3. The quantitative estimate of drug-likeness (QED) is 0.418. The minimum absolute atomic E-state index is 0.141. The van der Waals surface area contributed by atoms with Crippen molar-refractivity contribution in [3.8, 4) is 5.75 Å². The molecule has 0 saturated heterocycles. The SMILES string of the molecule is COc1ccc2sc(N(Cc3ccccc3)C(=O)c3cccc(Cl)c3)nc2c1. The summed E-state index contributed by atoms with van der Waals surface area (Å²) in [5, 5.41) is 1.16. The lowest BCUT2D eigenvalue weighted by Gasteiger charge is -2.20. The molecule has 4 nitrogen and oxygen atoms in total. The van der Waals surface area contributed by atoms with Crippen LogP contribution in [-0.4, -0.2) is 18.0 Å². The summed E-state index contributed by atoms with van der Waals surface area (Å²) in [5.41, 5.74) is 2.35. The van der Waals surface area contributed by atoms with Crippen LogP contribution in [0.25, 0.3) is 10.2 Å². The lowest BCUT2D eigenvalue weighted by molar-refractivity contribution is 0.0985. The molecule has 0 unspecified atom stereocenters. The summed E-state index contributed by atoms with van der Waals surface area (Å²) in [6, 6.07) is 22.6. The number of ether oxygens (including phenoxy) is 1. The molecule has 0 N–H and O–H groups in total. The van der Waals surface area contributed by atoms with E-state index in [9.17, 15) is 4.79 Å². The van der Waals surface area contributed by atoms with Gasteiger partial charge in [-0.2, -0.15) is 0 Å². The number of rotatable bonds is 5.